The molecule has 0 spiro atoms. The lowest BCUT2D eigenvalue weighted by Gasteiger charge is -2.13. The van der Waals surface area contributed by atoms with Crippen LogP contribution in [0.1, 0.15) is 18.2 Å². The van der Waals surface area contributed by atoms with Crippen LogP contribution in [0, 0.1) is 0 Å². The van der Waals surface area contributed by atoms with Crippen LogP contribution in [-0.4, -0.2) is 29.1 Å². The Labute approximate surface area is 112 Å². The third-order valence-corrected chi connectivity index (χ3v) is 2.61. The van der Waals surface area contributed by atoms with Gasteiger partial charge in [0.25, 0.3) is 0 Å². The molecule has 0 aliphatic heterocycles. The topological polar surface area (TPSA) is 111 Å². The molecule has 1 atom stereocenters. The zero-order valence-electron chi connectivity index (χ0n) is 9.45. The minimum Gasteiger partial charge on any atom is -0.480 e. The van der Waals surface area contributed by atoms with E-state index in [0.717, 1.165) is 4.47 Å². The van der Waals surface area contributed by atoms with E-state index >= 15 is 0 Å². The van der Waals surface area contributed by atoms with Crippen molar-refractivity contribution in [2.75, 3.05) is 13.1 Å². The molecule has 0 aliphatic rings. The summed E-state index contributed by atoms with van der Waals surface area (Å²) in [5.41, 5.74) is 8.54. The lowest BCUT2D eigenvalue weighted by atomic mass is 10.2. The Kier molecular flexibility index (Phi) is 6.13. The molecule has 1 rings (SSSR count). The summed E-state index contributed by atoms with van der Waals surface area (Å²) < 4.78 is 0.791. The van der Waals surface area contributed by atoms with Crippen LogP contribution in [-0.2, 0) is 4.79 Å². The number of pyridine rings is 1. The predicted molar refractivity (Wildman–Crippen MR) is 68.9 cm³/mol. The zero-order chi connectivity index (χ0) is 13.4. The summed E-state index contributed by atoms with van der Waals surface area (Å²) in [6.45, 7) is 0.775. The van der Waals surface area contributed by atoms with Crippen LogP contribution in [0.5, 0.6) is 0 Å². The van der Waals surface area contributed by atoms with Gasteiger partial charge in [-0.05, 0) is 46.6 Å². The fourth-order valence-corrected chi connectivity index (χ4v) is 1.55. The molecule has 0 aromatic carbocycles. The summed E-state index contributed by atoms with van der Waals surface area (Å²) in [6.07, 6.45) is 2.12. The number of halogens is 1. The highest BCUT2D eigenvalue weighted by molar-refractivity contribution is 9.10. The van der Waals surface area contributed by atoms with Crippen molar-refractivity contribution in [3.8, 4) is 0 Å². The molecule has 0 radical (unpaired) electrons. The molecule has 0 aliphatic carbocycles. The van der Waals surface area contributed by atoms with Crippen molar-refractivity contribution in [2.45, 2.75) is 12.5 Å². The Morgan fingerprint density at radius 3 is 3.00 bits per heavy atom. The molecule has 0 saturated carbocycles. The van der Waals surface area contributed by atoms with Crippen LogP contribution >= 0.6 is 15.9 Å². The highest BCUT2D eigenvalue weighted by Gasteiger charge is 2.19. The van der Waals surface area contributed by atoms with E-state index in [4.69, 9.17) is 10.6 Å². The second-order valence-electron chi connectivity index (χ2n) is 3.43. The van der Waals surface area contributed by atoms with E-state index in [1.54, 1.807) is 18.3 Å². The average Bonchev–Trinajstić information content (AvgIpc) is 2.35. The van der Waals surface area contributed by atoms with E-state index in [2.05, 4.69) is 36.3 Å². The molecule has 1 unspecified atom stereocenters. The molecular formula is C10H12BrN5O2. The smallest absolute Gasteiger partial charge is 0.326 e. The van der Waals surface area contributed by atoms with Crippen molar-refractivity contribution in [1.82, 2.24) is 10.3 Å². The largest absolute Gasteiger partial charge is 0.480 e. The molecule has 96 valence electrons. The molecule has 1 aromatic heterocycles. The van der Waals surface area contributed by atoms with Gasteiger partial charge in [0.2, 0.25) is 0 Å². The summed E-state index contributed by atoms with van der Waals surface area (Å²) in [5, 5.41) is 15.3. The lowest BCUT2D eigenvalue weighted by molar-refractivity contribution is -0.139. The average molecular weight is 314 g/mol. The quantitative estimate of drug-likeness (QED) is 0.348. The zero-order valence-corrected chi connectivity index (χ0v) is 11.0. The van der Waals surface area contributed by atoms with E-state index in [1.165, 1.54) is 0 Å². The van der Waals surface area contributed by atoms with E-state index < -0.39 is 12.0 Å². The molecule has 0 fully saturated rings. The number of carbonyl (C=O) groups is 1. The van der Waals surface area contributed by atoms with Gasteiger partial charge in [-0.25, -0.2) is 0 Å². The summed E-state index contributed by atoms with van der Waals surface area (Å²) in [5.74, 6) is -0.992. The number of hydrogen-bond donors (Lipinski definition) is 2. The number of aliphatic carboxylic acids is 1. The number of hydrogen-bond acceptors (Lipinski definition) is 4. The SMILES string of the molecule is [N-]=[N+]=NCCCNC(C(=O)O)c1ccc(Br)cn1. The normalized spacial score (nSPS) is 11.6. The van der Waals surface area contributed by atoms with Crippen LogP contribution in [0.25, 0.3) is 10.4 Å². The van der Waals surface area contributed by atoms with Crippen LogP contribution in [0.3, 0.4) is 0 Å². The molecule has 0 amide bonds. The van der Waals surface area contributed by atoms with Crippen LogP contribution in [0.15, 0.2) is 27.9 Å². The lowest BCUT2D eigenvalue weighted by Crippen LogP contribution is -2.30. The molecule has 1 heterocycles. The first-order chi connectivity index (χ1) is 8.65. The molecule has 18 heavy (non-hydrogen) atoms. The van der Waals surface area contributed by atoms with E-state index in [1.807, 2.05) is 0 Å². The minimum atomic E-state index is -0.992. The van der Waals surface area contributed by atoms with Crippen LogP contribution in [0.4, 0.5) is 0 Å². The molecule has 0 saturated heterocycles. The van der Waals surface area contributed by atoms with Crippen molar-refractivity contribution >= 4 is 21.9 Å². The molecular weight excluding hydrogens is 302 g/mol. The van der Waals surface area contributed by atoms with Gasteiger partial charge in [0.1, 0.15) is 6.04 Å². The number of aromatic nitrogens is 1. The second kappa shape index (κ2) is 7.65. The molecule has 2 N–H and O–H groups in total. The van der Waals surface area contributed by atoms with Gasteiger partial charge in [-0.2, -0.15) is 0 Å². The van der Waals surface area contributed by atoms with Crippen molar-refractivity contribution in [1.29, 1.82) is 0 Å². The number of nitrogens with zero attached hydrogens (tertiary/aromatic N) is 4. The van der Waals surface area contributed by atoms with Gasteiger partial charge < -0.3 is 5.11 Å². The molecule has 7 nitrogen and oxygen atoms in total. The van der Waals surface area contributed by atoms with Gasteiger partial charge in [0, 0.05) is 22.1 Å². The maximum Gasteiger partial charge on any atom is 0.326 e. The van der Waals surface area contributed by atoms with Gasteiger partial charge in [0.15, 0.2) is 0 Å². The Balaban J connectivity index is 2.57. The van der Waals surface area contributed by atoms with Crippen LogP contribution < -0.4 is 5.32 Å². The maximum absolute atomic E-state index is 11.1. The van der Waals surface area contributed by atoms with Crippen molar-refractivity contribution in [3.05, 3.63) is 38.9 Å². The first-order valence-corrected chi connectivity index (χ1v) is 6.03. The summed E-state index contributed by atoms with van der Waals surface area (Å²) in [7, 11) is 0. The maximum atomic E-state index is 11.1. The fourth-order valence-electron chi connectivity index (χ4n) is 1.32. The van der Waals surface area contributed by atoms with Gasteiger partial charge in [-0.15, -0.1) is 0 Å². The summed E-state index contributed by atoms with van der Waals surface area (Å²) >= 11 is 3.24. The number of azide groups is 1. The summed E-state index contributed by atoms with van der Waals surface area (Å²) in [4.78, 5) is 17.8. The third-order valence-electron chi connectivity index (χ3n) is 2.14. The Morgan fingerprint density at radius 1 is 1.67 bits per heavy atom. The third kappa shape index (κ3) is 4.70. The van der Waals surface area contributed by atoms with Gasteiger partial charge in [-0.3, -0.25) is 15.1 Å². The molecule has 1 aromatic rings. The van der Waals surface area contributed by atoms with Gasteiger partial charge in [0.05, 0.1) is 5.69 Å². The first-order valence-electron chi connectivity index (χ1n) is 5.23. The monoisotopic (exact) mass is 313 g/mol. The van der Waals surface area contributed by atoms with E-state index in [9.17, 15) is 4.79 Å². The number of rotatable bonds is 7. The van der Waals surface area contributed by atoms with Crippen molar-refractivity contribution in [3.63, 3.8) is 0 Å². The Bertz CT molecular complexity index is 444. The first kappa shape index (κ1) is 14.4. The Morgan fingerprint density at radius 2 is 2.44 bits per heavy atom. The minimum absolute atomic E-state index is 0.337. The standard InChI is InChI=1S/C10H12BrN5O2/c11-7-2-3-8(14-6-7)9(10(17)18)13-4-1-5-15-16-12/h2-3,6,9,13H,1,4-5H2,(H,17,18). The number of carboxylic acid groups (broad SMARTS) is 1. The van der Waals surface area contributed by atoms with Gasteiger partial charge in [-0.1, -0.05) is 5.11 Å². The predicted octanol–water partition coefficient (Wildman–Crippen LogP) is 2.26. The van der Waals surface area contributed by atoms with E-state index in [-0.39, 0.29) is 0 Å². The Hall–Kier alpha value is -1.63. The second-order valence-corrected chi connectivity index (χ2v) is 4.35. The number of carboxylic acids is 1. The highest BCUT2D eigenvalue weighted by atomic mass is 79.9. The fraction of sp³-hybridized carbons (Fsp3) is 0.400. The van der Waals surface area contributed by atoms with Crippen molar-refractivity contribution in [2.24, 2.45) is 5.11 Å². The summed E-state index contributed by atoms with van der Waals surface area (Å²) in [6, 6.07) is 2.52. The van der Waals surface area contributed by atoms with E-state index in [0.29, 0.717) is 25.2 Å². The van der Waals surface area contributed by atoms with Crippen molar-refractivity contribution < 1.29 is 9.90 Å². The molecule has 8 heteroatoms. The molecule has 0 bridgehead atoms. The van der Waals surface area contributed by atoms with Crippen LogP contribution in [0.2, 0.25) is 0 Å². The van der Waals surface area contributed by atoms with Gasteiger partial charge >= 0.3 is 5.97 Å². The number of nitrogens with one attached hydrogen (secondary N) is 1. The highest BCUT2D eigenvalue weighted by Crippen LogP contribution is 2.14.